The number of pyridine rings is 1. The van der Waals surface area contributed by atoms with Crippen LogP contribution >= 0.6 is 0 Å². The molecule has 4 aromatic carbocycles. The molecule has 0 radical (unpaired) electrons. The van der Waals surface area contributed by atoms with Crippen molar-refractivity contribution in [2.45, 2.75) is 18.6 Å². The lowest BCUT2D eigenvalue weighted by molar-refractivity contribution is 0.0183. The van der Waals surface area contributed by atoms with Crippen molar-refractivity contribution >= 4 is 22.8 Å². The number of halogens is 1. The first-order chi connectivity index (χ1) is 22.0. The van der Waals surface area contributed by atoms with Crippen molar-refractivity contribution in [3.63, 3.8) is 0 Å². The standard InChI is InChI=1S/C37H35FN4O3/c1-26-25-44-36-33-31(22-32(38)34(36)41-20-18-40(2)19-21-41)35(43)27(24-42(26)33)23-39-45-37(28-12-6-3-7-13-28,29-14-8-4-9-15-29)30-16-10-5-11-17-30/h3-17,22-24,26H,18-21,25H2,1-2H3/b39-23+/t26-/m0/s1. The van der Waals surface area contributed by atoms with E-state index in [0.717, 1.165) is 29.8 Å². The van der Waals surface area contributed by atoms with E-state index in [1.807, 2.05) is 107 Å². The Morgan fingerprint density at radius 1 is 0.889 bits per heavy atom. The fraction of sp³-hybridized carbons (Fsp3) is 0.243. The highest BCUT2D eigenvalue weighted by atomic mass is 19.1. The molecular weight excluding hydrogens is 567 g/mol. The van der Waals surface area contributed by atoms with Gasteiger partial charge in [0.1, 0.15) is 12.3 Å². The first kappa shape index (κ1) is 28.8. The summed E-state index contributed by atoms with van der Waals surface area (Å²) in [4.78, 5) is 24.7. The van der Waals surface area contributed by atoms with Gasteiger partial charge in [-0.05, 0) is 20.0 Å². The molecule has 228 valence electrons. The lowest BCUT2D eigenvalue weighted by Crippen LogP contribution is -2.45. The quantitative estimate of drug-likeness (QED) is 0.126. The van der Waals surface area contributed by atoms with E-state index in [0.29, 0.717) is 42.2 Å². The fourth-order valence-electron chi connectivity index (χ4n) is 6.49. The summed E-state index contributed by atoms with van der Waals surface area (Å²) in [5.74, 6) is -0.0254. The maximum Gasteiger partial charge on any atom is 0.212 e. The van der Waals surface area contributed by atoms with Crippen LogP contribution in [0.4, 0.5) is 10.1 Å². The molecule has 0 bridgehead atoms. The second kappa shape index (κ2) is 11.9. The lowest BCUT2D eigenvalue weighted by atomic mass is 9.80. The maximum atomic E-state index is 15.8. The van der Waals surface area contributed by atoms with E-state index in [9.17, 15) is 4.79 Å². The highest BCUT2D eigenvalue weighted by molar-refractivity contribution is 5.95. The summed E-state index contributed by atoms with van der Waals surface area (Å²) in [6.45, 7) is 5.40. The van der Waals surface area contributed by atoms with Crippen LogP contribution in [0.15, 0.2) is 113 Å². The Labute approximate surface area is 261 Å². The largest absolute Gasteiger partial charge is 0.487 e. The van der Waals surface area contributed by atoms with Gasteiger partial charge in [-0.3, -0.25) is 4.79 Å². The van der Waals surface area contributed by atoms with Gasteiger partial charge in [-0.15, -0.1) is 0 Å². The lowest BCUT2D eigenvalue weighted by Gasteiger charge is -2.37. The van der Waals surface area contributed by atoms with Crippen LogP contribution < -0.4 is 15.1 Å². The number of oxime groups is 1. The van der Waals surface area contributed by atoms with Gasteiger partial charge >= 0.3 is 0 Å². The third kappa shape index (κ3) is 5.05. The van der Waals surface area contributed by atoms with E-state index >= 15 is 4.39 Å². The van der Waals surface area contributed by atoms with Crippen molar-refractivity contribution in [2.75, 3.05) is 44.7 Å². The van der Waals surface area contributed by atoms with E-state index < -0.39 is 11.4 Å². The molecule has 0 amide bonds. The summed E-state index contributed by atoms with van der Waals surface area (Å²) in [6.07, 6.45) is 3.23. The molecule has 0 unspecified atom stereocenters. The number of likely N-dealkylation sites (N-methyl/N-ethyl adjacent to an activating group) is 1. The third-order valence-electron chi connectivity index (χ3n) is 8.91. The van der Waals surface area contributed by atoms with Crippen LogP contribution in [0.5, 0.6) is 5.75 Å². The first-order valence-corrected chi connectivity index (χ1v) is 15.3. The molecule has 45 heavy (non-hydrogen) atoms. The number of benzene rings is 4. The van der Waals surface area contributed by atoms with Crippen LogP contribution in [-0.2, 0) is 10.4 Å². The Morgan fingerprint density at radius 3 is 2.00 bits per heavy atom. The molecule has 0 aliphatic carbocycles. The molecule has 0 spiro atoms. The molecular formula is C37H35FN4O3. The molecule has 7 rings (SSSR count). The number of rotatable bonds is 7. The summed E-state index contributed by atoms with van der Waals surface area (Å²) < 4.78 is 24.0. The number of nitrogens with zero attached hydrogens (tertiary/aromatic N) is 4. The van der Waals surface area contributed by atoms with Gasteiger partial charge in [0, 0.05) is 49.1 Å². The molecule has 2 aliphatic rings. The van der Waals surface area contributed by atoms with Gasteiger partial charge < -0.3 is 23.9 Å². The van der Waals surface area contributed by atoms with E-state index in [-0.39, 0.29) is 16.9 Å². The molecule has 1 saturated heterocycles. The molecule has 0 saturated carbocycles. The summed E-state index contributed by atoms with van der Waals surface area (Å²) >= 11 is 0. The zero-order valence-electron chi connectivity index (χ0n) is 25.4. The number of hydrogen-bond donors (Lipinski definition) is 0. The van der Waals surface area contributed by atoms with E-state index in [4.69, 9.17) is 9.57 Å². The van der Waals surface area contributed by atoms with Crippen molar-refractivity contribution in [3.8, 4) is 5.75 Å². The monoisotopic (exact) mass is 602 g/mol. The Kier molecular flexibility index (Phi) is 7.59. The van der Waals surface area contributed by atoms with Crippen molar-refractivity contribution in [1.82, 2.24) is 9.47 Å². The molecule has 1 atom stereocenters. The first-order valence-electron chi connectivity index (χ1n) is 15.3. The van der Waals surface area contributed by atoms with Crippen molar-refractivity contribution in [3.05, 3.63) is 142 Å². The van der Waals surface area contributed by atoms with Crippen LogP contribution in [0.3, 0.4) is 0 Å². The molecule has 1 fully saturated rings. The van der Waals surface area contributed by atoms with Crippen LogP contribution in [0, 0.1) is 5.82 Å². The number of aromatic nitrogens is 1. The van der Waals surface area contributed by atoms with Crippen molar-refractivity contribution in [2.24, 2.45) is 5.16 Å². The Morgan fingerprint density at radius 2 is 1.44 bits per heavy atom. The minimum Gasteiger partial charge on any atom is -0.487 e. The summed E-state index contributed by atoms with van der Waals surface area (Å²) in [5, 5.41) is 4.76. The average molecular weight is 603 g/mol. The van der Waals surface area contributed by atoms with Gasteiger partial charge in [0.25, 0.3) is 0 Å². The van der Waals surface area contributed by atoms with E-state index in [2.05, 4.69) is 17.1 Å². The number of hydrogen-bond acceptors (Lipinski definition) is 6. The van der Waals surface area contributed by atoms with Gasteiger partial charge in [-0.2, -0.15) is 0 Å². The van der Waals surface area contributed by atoms with Gasteiger partial charge in [-0.25, -0.2) is 4.39 Å². The summed E-state index contributed by atoms with van der Waals surface area (Å²) in [5.41, 5.74) is 2.59. The second-order valence-corrected chi connectivity index (χ2v) is 11.8. The average Bonchev–Trinajstić information content (AvgIpc) is 3.08. The smallest absolute Gasteiger partial charge is 0.212 e. The van der Waals surface area contributed by atoms with Gasteiger partial charge in [-0.1, -0.05) is 96.2 Å². The minimum atomic E-state index is -1.08. The fourth-order valence-corrected chi connectivity index (χ4v) is 6.49. The van der Waals surface area contributed by atoms with Gasteiger partial charge in [0.15, 0.2) is 17.0 Å². The topological polar surface area (TPSA) is 59.3 Å². The number of anilines is 1. The number of piperazine rings is 1. The predicted molar refractivity (Wildman–Crippen MR) is 176 cm³/mol. The van der Waals surface area contributed by atoms with Crippen LogP contribution in [-0.4, -0.2) is 55.5 Å². The summed E-state index contributed by atoms with van der Waals surface area (Å²) in [7, 11) is 2.06. The van der Waals surface area contributed by atoms with Crippen molar-refractivity contribution in [1.29, 1.82) is 0 Å². The Balaban J connectivity index is 1.34. The van der Waals surface area contributed by atoms with Gasteiger partial charge in [0.2, 0.25) is 5.60 Å². The molecule has 5 aromatic rings. The van der Waals surface area contributed by atoms with Crippen LogP contribution in [0.2, 0.25) is 0 Å². The molecule has 0 N–H and O–H groups in total. The van der Waals surface area contributed by atoms with Gasteiger partial charge in [0.05, 0.1) is 28.7 Å². The highest BCUT2D eigenvalue weighted by Crippen LogP contribution is 2.43. The molecule has 2 aliphatic heterocycles. The van der Waals surface area contributed by atoms with Crippen molar-refractivity contribution < 1.29 is 14.0 Å². The molecule has 8 heteroatoms. The normalized spacial score (nSPS) is 17.0. The molecule has 7 nitrogen and oxygen atoms in total. The SMILES string of the molecule is C[C@H]1COc2c(N3CCN(C)CC3)c(F)cc3c(=O)c(/C=N/OC(c4ccccc4)(c4ccccc4)c4ccccc4)cn1c23. The van der Waals surface area contributed by atoms with E-state index in [1.54, 1.807) is 6.20 Å². The number of ether oxygens (including phenoxy) is 1. The van der Waals surface area contributed by atoms with Crippen LogP contribution in [0.25, 0.3) is 10.9 Å². The predicted octanol–water partition coefficient (Wildman–Crippen LogP) is 6.19. The zero-order chi connectivity index (χ0) is 31.0. The third-order valence-corrected chi connectivity index (χ3v) is 8.91. The summed E-state index contributed by atoms with van der Waals surface area (Å²) in [6, 6.07) is 31.0. The minimum absolute atomic E-state index is 0.0727. The van der Waals surface area contributed by atoms with Crippen LogP contribution in [0.1, 0.15) is 35.2 Å². The van der Waals surface area contributed by atoms with E-state index in [1.165, 1.54) is 12.3 Å². The second-order valence-electron chi connectivity index (χ2n) is 11.8. The highest BCUT2D eigenvalue weighted by Gasteiger charge is 2.39. The zero-order valence-corrected chi connectivity index (χ0v) is 25.4. The molecule has 3 heterocycles. The Bertz CT molecular complexity index is 1810. The Hall–Kier alpha value is -4.95. The molecule has 1 aromatic heterocycles. The maximum absolute atomic E-state index is 15.8.